The lowest BCUT2D eigenvalue weighted by atomic mass is 10.2. The predicted molar refractivity (Wildman–Crippen MR) is 64.4 cm³/mol. The van der Waals surface area contributed by atoms with Gasteiger partial charge >= 0.3 is 5.97 Å². The number of furan rings is 1. The maximum Gasteiger partial charge on any atom is 0.366 e. The third-order valence-electron chi connectivity index (χ3n) is 2.63. The smallest absolute Gasteiger partial charge is 0.366 e. The molecule has 1 aromatic rings. The third kappa shape index (κ3) is 1.66. The molecule has 5 heteroatoms. The molecule has 0 aliphatic carbocycles. The van der Waals surface area contributed by atoms with E-state index in [-0.39, 0.29) is 11.6 Å². The highest BCUT2D eigenvalue weighted by Gasteiger charge is 2.29. The molecule has 3 rings (SSSR count). The van der Waals surface area contributed by atoms with Crippen LogP contribution in [0.3, 0.4) is 0 Å². The van der Waals surface area contributed by atoms with Gasteiger partial charge in [0.2, 0.25) is 0 Å². The standard InChI is InChI=1S/C13H10N2O3/c1-15-7-3-2-5-9(15)11-13(16)18-12(14-11)10-6-4-8-17-10/h2-8H,1H3/b11-9+. The molecule has 0 N–H and O–H groups in total. The summed E-state index contributed by atoms with van der Waals surface area (Å²) in [5, 5.41) is 0. The fourth-order valence-electron chi connectivity index (χ4n) is 1.74. The quantitative estimate of drug-likeness (QED) is 0.556. The van der Waals surface area contributed by atoms with Gasteiger partial charge in [-0.2, -0.15) is 0 Å². The number of ether oxygens (including phenoxy) is 1. The summed E-state index contributed by atoms with van der Waals surface area (Å²) < 4.78 is 10.2. The molecule has 2 aliphatic rings. The van der Waals surface area contributed by atoms with Crippen molar-refractivity contribution in [2.24, 2.45) is 4.99 Å². The van der Waals surface area contributed by atoms with Crippen molar-refractivity contribution in [2.45, 2.75) is 0 Å². The van der Waals surface area contributed by atoms with Gasteiger partial charge in [0.1, 0.15) is 0 Å². The van der Waals surface area contributed by atoms with Crippen LogP contribution in [0.25, 0.3) is 0 Å². The average molecular weight is 242 g/mol. The lowest BCUT2D eigenvalue weighted by molar-refractivity contribution is -0.130. The van der Waals surface area contributed by atoms with Crippen LogP contribution in [-0.4, -0.2) is 23.8 Å². The van der Waals surface area contributed by atoms with Gasteiger partial charge in [-0.05, 0) is 24.3 Å². The zero-order valence-electron chi connectivity index (χ0n) is 9.66. The number of carbonyl (C=O) groups excluding carboxylic acids is 1. The first kappa shape index (κ1) is 10.6. The molecule has 2 aliphatic heterocycles. The Balaban J connectivity index is 2.03. The number of cyclic esters (lactones) is 1. The number of allylic oxidation sites excluding steroid dienone is 3. The first-order valence-corrected chi connectivity index (χ1v) is 5.42. The van der Waals surface area contributed by atoms with Gasteiger partial charge in [0.15, 0.2) is 11.5 Å². The molecule has 3 heterocycles. The number of nitrogens with zero attached hydrogens (tertiary/aromatic N) is 2. The topological polar surface area (TPSA) is 55.0 Å². The molecular weight excluding hydrogens is 232 g/mol. The van der Waals surface area contributed by atoms with Crippen molar-refractivity contribution >= 4 is 11.9 Å². The molecule has 0 saturated carbocycles. The van der Waals surface area contributed by atoms with E-state index in [0.29, 0.717) is 11.5 Å². The van der Waals surface area contributed by atoms with Crippen LogP contribution >= 0.6 is 0 Å². The van der Waals surface area contributed by atoms with Gasteiger partial charge in [-0.25, -0.2) is 9.79 Å². The second-order valence-electron chi connectivity index (χ2n) is 3.83. The molecule has 0 radical (unpaired) electrons. The van der Waals surface area contributed by atoms with E-state index in [1.54, 1.807) is 12.1 Å². The highest BCUT2D eigenvalue weighted by Crippen LogP contribution is 2.23. The van der Waals surface area contributed by atoms with E-state index in [1.165, 1.54) is 6.26 Å². The lowest BCUT2D eigenvalue weighted by Crippen LogP contribution is -2.15. The van der Waals surface area contributed by atoms with E-state index >= 15 is 0 Å². The molecule has 0 fully saturated rings. The van der Waals surface area contributed by atoms with Crippen LogP contribution in [0.4, 0.5) is 0 Å². The predicted octanol–water partition coefficient (Wildman–Crippen LogP) is 1.81. The second kappa shape index (κ2) is 4.03. The van der Waals surface area contributed by atoms with E-state index in [2.05, 4.69) is 4.99 Å². The Morgan fingerprint density at radius 1 is 1.33 bits per heavy atom. The molecule has 90 valence electrons. The van der Waals surface area contributed by atoms with Crippen molar-refractivity contribution < 1.29 is 13.9 Å². The number of hydrogen-bond donors (Lipinski definition) is 0. The van der Waals surface area contributed by atoms with Crippen molar-refractivity contribution in [3.05, 3.63) is 60.0 Å². The Bertz CT molecular complexity index is 606. The number of hydrogen-bond acceptors (Lipinski definition) is 5. The van der Waals surface area contributed by atoms with Crippen LogP contribution in [0.2, 0.25) is 0 Å². The van der Waals surface area contributed by atoms with Gasteiger partial charge in [0.25, 0.3) is 5.90 Å². The van der Waals surface area contributed by atoms with Gasteiger partial charge in [-0.1, -0.05) is 6.08 Å². The molecule has 0 saturated heterocycles. The van der Waals surface area contributed by atoms with Crippen molar-refractivity contribution in [1.29, 1.82) is 0 Å². The summed E-state index contributed by atoms with van der Waals surface area (Å²) in [5.74, 6) is 0.170. The largest absolute Gasteiger partial charge is 0.459 e. The lowest BCUT2D eigenvalue weighted by Gasteiger charge is -2.17. The fourth-order valence-corrected chi connectivity index (χ4v) is 1.74. The Hall–Kier alpha value is -2.56. The van der Waals surface area contributed by atoms with E-state index in [4.69, 9.17) is 9.15 Å². The molecule has 0 bridgehead atoms. The highest BCUT2D eigenvalue weighted by molar-refractivity contribution is 6.10. The number of carbonyl (C=O) groups is 1. The van der Waals surface area contributed by atoms with E-state index in [0.717, 1.165) is 0 Å². The Morgan fingerprint density at radius 3 is 2.94 bits per heavy atom. The van der Waals surface area contributed by atoms with Gasteiger partial charge in [0.05, 0.1) is 12.0 Å². The third-order valence-corrected chi connectivity index (χ3v) is 2.63. The van der Waals surface area contributed by atoms with Gasteiger partial charge < -0.3 is 14.1 Å². The maximum absolute atomic E-state index is 11.8. The average Bonchev–Trinajstić information content (AvgIpc) is 2.99. The highest BCUT2D eigenvalue weighted by atomic mass is 16.6. The molecule has 0 amide bonds. The van der Waals surface area contributed by atoms with Gasteiger partial charge in [-0.15, -0.1) is 0 Å². The molecule has 18 heavy (non-hydrogen) atoms. The zero-order chi connectivity index (χ0) is 12.5. The number of aliphatic imine (C=N–C) groups is 1. The number of likely N-dealkylation sites (N-methyl/N-ethyl adjacent to an activating group) is 1. The molecule has 1 aromatic heterocycles. The Morgan fingerprint density at radius 2 is 2.22 bits per heavy atom. The summed E-state index contributed by atoms with van der Waals surface area (Å²) in [6.07, 6.45) is 8.88. The summed E-state index contributed by atoms with van der Waals surface area (Å²) >= 11 is 0. The van der Waals surface area contributed by atoms with Crippen LogP contribution in [-0.2, 0) is 9.53 Å². The van der Waals surface area contributed by atoms with E-state index < -0.39 is 5.97 Å². The van der Waals surface area contributed by atoms with Crippen LogP contribution in [0.15, 0.2) is 63.6 Å². The Labute approximate surface area is 103 Å². The van der Waals surface area contributed by atoms with Crippen LogP contribution < -0.4 is 0 Å². The normalized spacial score (nSPS) is 22.4. The molecule has 5 nitrogen and oxygen atoms in total. The number of esters is 1. The molecule has 0 aromatic carbocycles. The van der Waals surface area contributed by atoms with E-state index in [9.17, 15) is 4.79 Å². The monoisotopic (exact) mass is 242 g/mol. The minimum absolute atomic E-state index is 0.198. The second-order valence-corrected chi connectivity index (χ2v) is 3.83. The summed E-state index contributed by atoms with van der Waals surface area (Å²) in [6, 6.07) is 3.41. The first-order chi connectivity index (χ1) is 8.75. The molecule has 0 spiro atoms. The Kier molecular flexibility index (Phi) is 2.37. The van der Waals surface area contributed by atoms with Crippen LogP contribution in [0.5, 0.6) is 0 Å². The van der Waals surface area contributed by atoms with Crippen LogP contribution in [0, 0.1) is 0 Å². The number of rotatable bonds is 1. The van der Waals surface area contributed by atoms with Crippen LogP contribution in [0.1, 0.15) is 5.76 Å². The summed E-state index contributed by atoms with van der Waals surface area (Å²) in [5.41, 5.74) is 0.980. The van der Waals surface area contributed by atoms with E-state index in [1.807, 2.05) is 36.4 Å². The summed E-state index contributed by atoms with van der Waals surface area (Å²) in [4.78, 5) is 17.8. The summed E-state index contributed by atoms with van der Waals surface area (Å²) in [6.45, 7) is 0. The maximum atomic E-state index is 11.8. The van der Waals surface area contributed by atoms with Crippen molar-refractivity contribution in [3.63, 3.8) is 0 Å². The van der Waals surface area contributed by atoms with Crippen molar-refractivity contribution in [1.82, 2.24) is 4.90 Å². The molecule has 0 unspecified atom stereocenters. The first-order valence-electron chi connectivity index (χ1n) is 5.42. The molecular formula is C13H10N2O3. The van der Waals surface area contributed by atoms with Crippen molar-refractivity contribution in [3.8, 4) is 0 Å². The SMILES string of the molecule is CN1C=CC=C/C1=C1\N=C(c2ccco2)OC1=O. The zero-order valence-corrected chi connectivity index (χ0v) is 9.66. The fraction of sp³-hybridized carbons (Fsp3) is 0.0769. The summed E-state index contributed by atoms with van der Waals surface area (Å²) in [7, 11) is 1.84. The minimum atomic E-state index is -0.469. The molecule has 0 atom stereocenters. The van der Waals surface area contributed by atoms with Gasteiger partial charge in [-0.3, -0.25) is 0 Å². The minimum Gasteiger partial charge on any atom is -0.459 e. The van der Waals surface area contributed by atoms with Gasteiger partial charge in [0, 0.05) is 13.2 Å². The van der Waals surface area contributed by atoms with Crippen molar-refractivity contribution in [2.75, 3.05) is 7.05 Å².